The van der Waals surface area contributed by atoms with Crippen LogP contribution in [0.4, 0.5) is 13.2 Å². The van der Waals surface area contributed by atoms with Gasteiger partial charge in [-0.3, -0.25) is 0 Å². The fourth-order valence-electron chi connectivity index (χ4n) is 2.40. The van der Waals surface area contributed by atoms with Crippen LogP contribution in [0.5, 0.6) is 0 Å². The van der Waals surface area contributed by atoms with Gasteiger partial charge in [0.15, 0.2) is 0 Å². The van der Waals surface area contributed by atoms with Gasteiger partial charge in [-0.15, -0.1) is 11.6 Å². The Morgan fingerprint density at radius 1 is 1.38 bits per heavy atom. The minimum atomic E-state index is -4.28. The number of alkyl halides is 4. The van der Waals surface area contributed by atoms with E-state index < -0.39 is 24.0 Å². The van der Waals surface area contributed by atoms with Crippen LogP contribution in [-0.4, -0.2) is 15.7 Å². The molecule has 1 heterocycles. The summed E-state index contributed by atoms with van der Waals surface area (Å²) in [6.45, 7) is 3.11. The second-order valence-corrected chi connectivity index (χ2v) is 5.56. The van der Waals surface area contributed by atoms with Gasteiger partial charge in [0.2, 0.25) is 0 Å². The van der Waals surface area contributed by atoms with E-state index in [1.807, 2.05) is 6.07 Å². The minimum absolute atomic E-state index is 0.323. The van der Waals surface area contributed by atoms with E-state index in [4.69, 9.17) is 16.9 Å². The summed E-state index contributed by atoms with van der Waals surface area (Å²) < 4.78 is 39.4. The Hall–Kier alpha value is -1.74. The van der Waals surface area contributed by atoms with Crippen molar-refractivity contribution in [3.05, 3.63) is 29.6 Å². The summed E-state index contributed by atoms with van der Waals surface area (Å²) in [4.78, 5) is 4.28. The lowest BCUT2D eigenvalue weighted by Crippen LogP contribution is -2.18. The molecule has 2 unspecified atom stereocenters. The first-order valence-electron chi connectivity index (χ1n) is 6.36. The van der Waals surface area contributed by atoms with Crippen LogP contribution in [0.3, 0.4) is 0 Å². The SMILES string of the molecule is CC(Cl)c1nc2c(C#N)cccc2n1C(C)CC(F)(F)F. The van der Waals surface area contributed by atoms with E-state index in [1.54, 1.807) is 25.1 Å². The molecule has 0 saturated heterocycles. The second-order valence-electron chi connectivity index (χ2n) is 4.91. The molecule has 7 heteroatoms. The molecule has 0 amide bonds. The molecule has 1 aromatic carbocycles. The summed E-state index contributed by atoms with van der Waals surface area (Å²) in [5.74, 6) is 0.339. The van der Waals surface area contributed by atoms with E-state index in [1.165, 1.54) is 11.5 Å². The molecule has 0 aliphatic carbocycles. The van der Waals surface area contributed by atoms with Crippen molar-refractivity contribution in [2.24, 2.45) is 0 Å². The maximum Gasteiger partial charge on any atom is 0.391 e. The third-order valence-corrected chi connectivity index (χ3v) is 3.39. The van der Waals surface area contributed by atoms with Crippen molar-refractivity contribution in [1.82, 2.24) is 9.55 Å². The molecule has 0 aliphatic heterocycles. The summed E-state index contributed by atoms with van der Waals surface area (Å²) in [5.41, 5.74) is 1.20. The molecule has 1 aromatic heterocycles. The molecule has 2 rings (SSSR count). The lowest BCUT2D eigenvalue weighted by atomic mass is 10.1. The molecule has 0 radical (unpaired) electrons. The van der Waals surface area contributed by atoms with Gasteiger partial charge in [-0.25, -0.2) is 4.98 Å². The van der Waals surface area contributed by atoms with Crippen molar-refractivity contribution in [2.75, 3.05) is 0 Å². The first-order chi connectivity index (χ1) is 9.74. The van der Waals surface area contributed by atoms with Crippen LogP contribution in [0.2, 0.25) is 0 Å². The number of hydrogen-bond donors (Lipinski definition) is 0. The Morgan fingerprint density at radius 2 is 2.05 bits per heavy atom. The van der Waals surface area contributed by atoms with Crippen LogP contribution < -0.4 is 0 Å². The van der Waals surface area contributed by atoms with Crippen molar-refractivity contribution in [3.8, 4) is 6.07 Å². The third kappa shape index (κ3) is 3.13. The molecule has 0 aliphatic rings. The molecule has 0 N–H and O–H groups in total. The minimum Gasteiger partial charge on any atom is -0.324 e. The van der Waals surface area contributed by atoms with Gasteiger partial charge in [0.25, 0.3) is 0 Å². The molecule has 2 aromatic rings. The molecule has 0 spiro atoms. The van der Waals surface area contributed by atoms with Crippen LogP contribution in [-0.2, 0) is 0 Å². The largest absolute Gasteiger partial charge is 0.391 e. The number of aromatic nitrogens is 2. The Kier molecular flexibility index (Phi) is 4.15. The van der Waals surface area contributed by atoms with Crippen molar-refractivity contribution in [3.63, 3.8) is 0 Å². The van der Waals surface area contributed by atoms with E-state index in [0.29, 0.717) is 22.4 Å². The highest BCUT2D eigenvalue weighted by Crippen LogP contribution is 2.34. The first kappa shape index (κ1) is 15.6. The van der Waals surface area contributed by atoms with E-state index >= 15 is 0 Å². The van der Waals surface area contributed by atoms with Gasteiger partial charge in [-0.05, 0) is 26.0 Å². The fraction of sp³-hybridized carbons (Fsp3) is 0.429. The predicted octanol–water partition coefficient (Wildman–Crippen LogP) is 4.72. The van der Waals surface area contributed by atoms with Gasteiger partial charge >= 0.3 is 6.18 Å². The van der Waals surface area contributed by atoms with E-state index in [2.05, 4.69) is 4.98 Å². The molecule has 0 fully saturated rings. The number of hydrogen-bond acceptors (Lipinski definition) is 2. The quantitative estimate of drug-likeness (QED) is 0.769. The average molecular weight is 316 g/mol. The number of benzene rings is 1. The maximum absolute atomic E-state index is 12.7. The smallest absolute Gasteiger partial charge is 0.324 e. The molecular formula is C14H13ClF3N3. The molecule has 0 saturated carbocycles. The molecule has 3 nitrogen and oxygen atoms in total. The lowest BCUT2D eigenvalue weighted by Gasteiger charge is -2.20. The van der Waals surface area contributed by atoms with E-state index in [0.717, 1.165) is 0 Å². The van der Waals surface area contributed by atoms with Gasteiger partial charge in [-0.2, -0.15) is 18.4 Å². The topological polar surface area (TPSA) is 41.6 Å². The normalized spacial score (nSPS) is 14.9. The number of rotatable bonds is 3. The van der Waals surface area contributed by atoms with Crippen LogP contribution in [0.15, 0.2) is 18.2 Å². The first-order valence-corrected chi connectivity index (χ1v) is 6.80. The van der Waals surface area contributed by atoms with Gasteiger partial charge < -0.3 is 4.57 Å². The number of fused-ring (bicyclic) bond motifs is 1. The molecule has 2 atom stereocenters. The number of imidazole rings is 1. The number of halogens is 4. The van der Waals surface area contributed by atoms with E-state index in [9.17, 15) is 13.2 Å². The Morgan fingerprint density at radius 3 is 2.57 bits per heavy atom. The summed E-state index contributed by atoms with van der Waals surface area (Å²) >= 11 is 6.04. The molecule has 0 bridgehead atoms. The van der Waals surface area contributed by atoms with Gasteiger partial charge in [0.05, 0.1) is 22.9 Å². The Labute approximate surface area is 124 Å². The van der Waals surface area contributed by atoms with Crippen molar-refractivity contribution in [1.29, 1.82) is 5.26 Å². The zero-order valence-corrected chi connectivity index (χ0v) is 12.2. The molecule has 21 heavy (non-hydrogen) atoms. The summed E-state index contributed by atoms with van der Waals surface area (Å²) in [7, 11) is 0. The van der Waals surface area contributed by atoms with Crippen LogP contribution >= 0.6 is 11.6 Å². The lowest BCUT2D eigenvalue weighted by molar-refractivity contribution is -0.141. The van der Waals surface area contributed by atoms with Crippen LogP contribution in [0, 0.1) is 11.3 Å². The van der Waals surface area contributed by atoms with Crippen molar-refractivity contribution >= 4 is 22.6 Å². The second kappa shape index (κ2) is 5.57. The highest BCUT2D eigenvalue weighted by molar-refractivity contribution is 6.20. The standard InChI is InChI=1S/C14H13ClF3N3/c1-8(6-14(16,17)18)21-11-5-3-4-10(7-19)12(11)20-13(21)9(2)15/h3-5,8-9H,6H2,1-2H3. The zero-order valence-electron chi connectivity index (χ0n) is 11.4. The number of nitrogens with zero attached hydrogens (tertiary/aromatic N) is 3. The van der Waals surface area contributed by atoms with Gasteiger partial charge in [0.1, 0.15) is 17.4 Å². The Bertz CT molecular complexity index is 698. The zero-order chi connectivity index (χ0) is 15.8. The highest BCUT2D eigenvalue weighted by Gasteiger charge is 2.32. The fourth-order valence-corrected chi connectivity index (χ4v) is 2.55. The van der Waals surface area contributed by atoms with Crippen LogP contribution in [0.1, 0.15) is 43.1 Å². The van der Waals surface area contributed by atoms with Gasteiger partial charge in [0, 0.05) is 6.04 Å². The van der Waals surface area contributed by atoms with Crippen molar-refractivity contribution < 1.29 is 13.2 Å². The monoisotopic (exact) mass is 315 g/mol. The predicted molar refractivity (Wildman–Crippen MR) is 74.1 cm³/mol. The third-order valence-electron chi connectivity index (χ3n) is 3.19. The molecule has 112 valence electrons. The number of nitriles is 1. The highest BCUT2D eigenvalue weighted by atomic mass is 35.5. The average Bonchev–Trinajstić information content (AvgIpc) is 2.75. The summed E-state index contributed by atoms with van der Waals surface area (Å²) in [6.07, 6.45) is -5.26. The summed E-state index contributed by atoms with van der Waals surface area (Å²) in [6, 6.07) is 6.01. The van der Waals surface area contributed by atoms with Crippen LogP contribution in [0.25, 0.3) is 11.0 Å². The Balaban J connectivity index is 2.65. The van der Waals surface area contributed by atoms with Gasteiger partial charge in [-0.1, -0.05) is 6.07 Å². The van der Waals surface area contributed by atoms with E-state index in [-0.39, 0.29) is 0 Å². The maximum atomic E-state index is 12.7. The summed E-state index contributed by atoms with van der Waals surface area (Å²) in [5, 5.41) is 8.53. The molecular weight excluding hydrogens is 303 g/mol. The number of para-hydroxylation sites is 1. The van der Waals surface area contributed by atoms with Crippen molar-refractivity contribution in [2.45, 2.75) is 37.9 Å².